The zero-order valence-electron chi connectivity index (χ0n) is 17.7. The Balaban J connectivity index is 1.29. The fraction of sp³-hybridized carbons (Fsp3) is 0.200. The van der Waals surface area contributed by atoms with Crippen molar-refractivity contribution in [3.8, 4) is 16.9 Å². The lowest BCUT2D eigenvalue weighted by Gasteiger charge is -2.14. The second kappa shape index (κ2) is 9.64. The van der Waals surface area contributed by atoms with Gasteiger partial charge in [0.15, 0.2) is 0 Å². The molecule has 0 radical (unpaired) electrons. The minimum Gasteiger partial charge on any atom is -0.492 e. The highest BCUT2D eigenvalue weighted by molar-refractivity contribution is 5.89. The topological polar surface area (TPSA) is 107 Å². The van der Waals surface area contributed by atoms with E-state index in [4.69, 9.17) is 4.74 Å². The van der Waals surface area contributed by atoms with Crippen molar-refractivity contribution in [2.75, 3.05) is 19.7 Å². The molecule has 0 amide bonds. The SMILES string of the molecule is Cc1n[nH]c2cc(OCCNCC(O)c3cccc(-c4cccc(C(=O)O)c4)c3)ccc12. The van der Waals surface area contributed by atoms with Gasteiger partial charge in [0.05, 0.1) is 22.9 Å². The van der Waals surface area contributed by atoms with Crippen molar-refractivity contribution in [3.05, 3.63) is 83.6 Å². The second-order valence-corrected chi connectivity index (χ2v) is 7.60. The molecule has 7 nitrogen and oxygen atoms in total. The molecule has 0 aliphatic heterocycles. The van der Waals surface area contributed by atoms with E-state index in [-0.39, 0.29) is 5.56 Å². The largest absolute Gasteiger partial charge is 0.492 e. The molecule has 4 N–H and O–H groups in total. The molecule has 3 aromatic carbocycles. The maximum atomic E-state index is 11.2. The van der Waals surface area contributed by atoms with E-state index in [1.165, 1.54) is 0 Å². The molecular formula is C25H25N3O4. The summed E-state index contributed by atoms with van der Waals surface area (Å²) in [5, 5.41) is 31.2. The maximum absolute atomic E-state index is 11.2. The third-order valence-corrected chi connectivity index (χ3v) is 5.32. The molecule has 1 heterocycles. The lowest BCUT2D eigenvalue weighted by Crippen LogP contribution is -2.26. The number of rotatable bonds is 9. The van der Waals surface area contributed by atoms with Crippen LogP contribution >= 0.6 is 0 Å². The number of carboxylic acid groups (broad SMARTS) is 1. The third kappa shape index (κ3) is 4.96. The number of benzene rings is 3. The van der Waals surface area contributed by atoms with Crippen LogP contribution in [0, 0.1) is 6.92 Å². The van der Waals surface area contributed by atoms with E-state index in [0.717, 1.165) is 39.0 Å². The van der Waals surface area contributed by atoms with E-state index in [1.54, 1.807) is 18.2 Å². The summed E-state index contributed by atoms with van der Waals surface area (Å²) in [6.07, 6.45) is -0.693. The van der Waals surface area contributed by atoms with Crippen LogP contribution in [0.4, 0.5) is 0 Å². The first-order valence-electron chi connectivity index (χ1n) is 10.4. The van der Waals surface area contributed by atoms with Gasteiger partial charge in [-0.15, -0.1) is 0 Å². The minimum atomic E-state index is -0.964. The van der Waals surface area contributed by atoms with Gasteiger partial charge in [-0.25, -0.2) is 4.79 Å². The molecule has 1 atom stereocenters. The fourth-order valence-corrected chi connectivity index (χ4v) is 3.58. The van der Waals surface area contributed by atoms with Gasteiger partial charge in [-0.2, -0.15) is 5.10 Å². The number of nitrogens with one attached hydrogen (secondary N) is 2. The third-order valence-electron chi connectivity index (χ3n) is 5.32. The van der Waals surface area contributed by atoms with E-state index in [9.17, 15) is 15.0 Å². The van der Waals surface area contributed by atoms with Crippen LogP contribution in [0.1, 0.15) is 27.7 Å². The van der Waals surface area contributed by atoms with Crippen LogP contribution in [-0.2, 0) is 0 Å². The van der Waals surface area contributed by atoms with Crippen molar-refractivity contribution in [1.82, 2.24) is 15.5 Å². The highest BCUT2D eigenvalue weighted by Gasteiger charge is 2.10. The number of hydrogen-bond donors (Lipinski definition) is 4. The number of aliphatic hydroxyl groups excluding tert-OH is 1. The van der Waals surface area contributed by atoms with Gasteiger partial charge in [-0.3, -0.25) is 5.10 Å². The molecule has 164 valence electrons. The van der Waals surface area contributed by atoms with Gasteiger partial charge in [-0.05, 0) is 53.9 Å². The average Bonchev–Trinajstić information content (AvgIpc) is 3.19. The average molecular weight is 431 g/mol. The van der Waals surface area contributed by atoms with Crippen LogP contribution in [-0.4, -0.2) is 46.1 Å². The fourth-order valence-electron chi connectivity index (χ4n) is 3.58. The summed E-state index contributed by atoms with van der Waals surface area (Å²) in [6.45, 7) is 3.38. The van der Waals surface area contributed by atoms with Crippen LogP contribution in [0.3, 0.4) is 0 Å². The molecule has 0 bridgehead atoms. The van der Waals surface area contributed by atoms with Crippen LogP contribution in [0.25, 0.3) is 22.0 Å². The van der Waals surface area contributed by atoms with Crippen molar-refractivity contribution >= 4 is 16.9 Å². The van der Waals surface area contributed by atoms with Crippen LogP contribution < -0.4 is 10.1 Å². The number of aromatic nitrogens is 2. The zero-order chi connectivity index (χ0) is 22.5. The number of aromatic carboxylic acids is 1. The summed E-state index contributed by atoms with van der Waals surface area (Å²) in [4.78, 5) is 11.2. The highest BCUT2D eigenvalue weighted by atomic mass is 16.5. The number of fused-ring (bicyclic) bond motifs is 1. The van der Waals surface area contributed by atoms with Crippen LogP contribution in [0.2, 0.25) is 0 Å². The van der Waals surface area contributed by atoms with Gasteiger partial charge >= 0.3 is 5.97 Å². The van der Waals surface area contributed by atoms with Crippen LogP contribution in [0.15, 0.2) is 66.7 Å². The molecule has 4 aromatic rings. The van der Waals surface area contributed by atoms with Gasteiger partial charge in [0.25, 0.3) is 0 Å². The van der Waals surface area contributed by atoms with E-state index in [1.807, 2.05) is 55.5 Å². The van der Waals surface area contributed by atoms with Gasteiger partial charge in [-0.1, -0.05) is 30.3 Å². The number of hydrogen-bond acceptors (Lipinski definition) is 5. The van der Waals surface area contributed by atoms with Gasteiger partial charge < -0.3 is 20.3 Å². The van der Waals surface area contributed by atoms with Crippen molar-refractivity contribution in [2.24, 2.45) is 0 Å². The van der Waals surface area contributed by atoms with E-state index >= 15 is 0 Å². The Kier molecular flexibility index (Phi) is 6.49. The predicted molar refractivity (Wildman–Crippen MR) is 123 cm³/mol. The Labute approximate surface area is 185 Å². The van der Waals surface area contributed by atoms with E-state index in [2.05, 4.69) is 15.5 Å². The molecule has 0 aliphatic rings. The molecular weight excluding hydrogens is 406 g/mol. The monoisotopic (exact) mass is 431 g/mol. The summed E-state index contributed by atoms with van der Waals surface area (Å²) >= 11 is 0. The quantitative estimate of drug-likeness (QED) is 0.299. The summed E-state index contributed by atoms with van der Waals surface area (Å²) in [5.41, 5.74) is 4.55. The first kappa shape index (κ1) is 21.5. The van der Waals surface area contributed by atoms with Crippen molar-refractivity contribution in [2.45, 2.75) is 13.0 Å². The van der Waals surface area contributed by atoms with Crippen molar-refractivity contribution in [3.63, 3.8) is 0 Å². The molecule has 0 spiro atoms. The molecule has 1 unspecified atom stereocenters. The van der Waals surface area contributed by atoms with Gasteiger partial charge in [0, 0.05) is 24.5 Å². The maximum Gasteiger partial charge on any atom is 0.335 e. The van der Waals surface area contributed by atoms with E-state index < -0.39 is 12.1 Å². The number of H-pyrrole nitrogens is 1. The first-order valence-corrected chi connectivity index (χ1v) is 10.4. The molecule has 7 heteroatoms. The standard InChI is InChI=1S/C25H25N3O4/c1-16-22-9-8-21(14-23(22)28-27-16)32-11-10-26-15-24(29)19-6-2-4-17(12-19)18-5-3-7-20(13-18)25(30)31/h2-9,12-14,24,26,29H,10-11,15H2,1H3,(H,27,28)(H,30,31). The Morgan fingerprint density at radius 3 is 2.69 bits per heavy atom. The lowest BCUT2D eigenvalue weighted by molar-refractivity contribution is 0.0697. The molecule has 0 fully saturated rings. The summed E-state index contributed by atoms with van der Waals surface area (Å²) < 4.78 is 5.78. The molecule has 0 saturated carbocycles. The second-order valence-electron chi connectivity index (χ2n) is 7.60. The Morgan fingerprint density at radius 1 is 1.09 bits per heavy atom. The van der Waals surface area contributed by atoms with Crippen molar-refractivity contribution in [1.29, 1.82) is 0 Å². The van der Waals surface area contributed by atoms with Gasteiger partial charge in [0.1, 0.15) is 12.4 Å². The van der Waals surface area contributed by atoms with Crippen LogP contribution in [0.5, 0.6) is 5.75 Å². The highest BCUT2D eigenvalue weighted by Crippen LogP contribution is 2.24. The molecule has 0 aliphatic carbocycles. The normalized spacial score (nSPS) is 12.1. The minimum absolute atomic E-state index is 0.233. The summed E-state index contributed by atoms with van der Waals surface area (Å²) in [6, 6.07) is 20.1. The van der Waals surface area contributed by atoms with Crippen molar-refractivity contribution < 1.29 is 19.7 Å². The smallest absolute Gasteiger partial charge is 0.335 e. The summed E-state index contributed by atoms with van der Waals surface area (Å²) in [7, 11) is 0. The number of carbonyl (C=O) groups is 1. The zero-order valence-corrected chi connectivity index (χ0v) is 17.7. The van der Waals surface area contributed by atoms with E-state index in [0.29, 0.717) is 19.7 Å². The number of ether oxygens (including phenoxy) is 1. The molecule has 1 aromatic heterocycles. The first-order chi connectivity index (χ1) is 15.5. The number of aromatic amines is 1. The lowest BCUT2D eigenvalue weighted by atomic mass is 9.99. The van der Waals surface area contributed by atoms with Gasteiger partial charge in [0.2, 0.25) is 0 Å². The Hall–Kier alpha value is -3.68. The molecule has 32 heavy (non-hydrogen) atoms. The Bertz CT molecular complexity index is 1230. The number of aryl methyl sites for hydroxylation is 1. The predicted octanol–water partition coefficient (Wildman–Crippen LogP) is 3.94. The summed E-state index contributed by atoms with van der Waals surface area (Å²) in [5.74, 6) is -0.200. The number of aliphatic hydroxyl groups is 1. The Morgan fingerprint density at radius 2 is 1.88 bits per heavy atom. The molecule has 4 rings (SSSR count). The number of nitrogens with zero attached hydrogens (tertiary/aromatic N) is 1. The number of carboxylic acids is 1. The molecule has 0 saturated heterocycles.